The summed E-state index contributed by atoms with van der Waals surface area (Å²) in [7, 11) is 0. The molecule has 0 amide bonds. The number of carboxylic acids is 1. The fourth-order valence-corrected chi connectivity index (χ4v) is 1.87. The molecule has 0 aliphatic heterocycles. The molecule has 0 bridgehead atoms. The minimum atomic E-state index is -1.01. The van der Waals surface area contributed by atoms with Crippen LogP contribution in [0, 0.1) is 3.57 Å². The number of aromatic carboxylic acids is 1. The summed E-state index contributed by atoms with van der Waals surface area (Å²) in [6.07, 6.45) is 1.55. The fourth-order valence-electron chi connectivity index (χ4n) is 1.27. The Bertz CT molecular complexity index is 604. The SMILES string of the molecule is O=C(O)c1ccc(I)c(Oc2ncccc2Cl)c1. The van der Waals surface area contributed by atoms with Crippen LogP contribution in [0.5, 0.6) is 11.6 Å². The first-order valence-corrected chi connectivity index (χ1v) is 6.35. The number of carboxylic acid groups (broad SMARTS) is 1. The maximum absolute atomic E-state index is 10.9. The summed E-state index contributed by atoms with van der Waals surface area (Å²) in [4.78, 5) is 14.9. The van der Waals surface area contributed by atoms with Crippen LogP contribution in [0.15, 0.2) is 36.5 Å². The van der Waals surface area contributed by atoms with E-state index in [0.29, 0.717) is 10.8 Å². The van der Waals surface area contributed by atoms with Crippen LogP contribution in [-0.2, 0) is 0 Å². The van der Waals surface area contributed by atoms with E-state index in [4.69, 9.17) is 21.4 Å². The van der Waals surface area contributed by atoms with Crippen LogP contribution in [-0.4, -0.2) is 16.1 Å². The Morgan fingerprint density at radius 1 is 1.39 bits per heavy atom. The first-order chi connectivity index (χ1) is 8.58. The molecule has 0 atom stereocenters. The highest BCUT2D eigenvalue weighted by molar-refractivity contribution is 14.1. The Morgan fingerprint density at radius 3 is 2.83 bits per heavy atom. The van der Waals surface area contributed by atoms with Crippen molar-refractivity contribution in [3.05, 3.63) is 50.7 Å². The molecule has 18 heavy (non-hydrogen) atoms. The van der Waals surface area contributed by atoms with Crippen LogP contribution in [0.1, 0.15) is 10.4 Å². The average molecular weight is 376 g/mol. The Labute approximate surface area is 122 Å². The van der Waals surface area contributed by atoms with Crippen LogP contribution in [0.3, 0.4) is 0 Å². The third-order valence-electron chi connectivity index (χ3n) is 2.11. The molecule has 2 aromatic rings. The predicted molar refractivity (Wildman–Crippen MR) is 75.4 cm³/mol. The molecular weight excluding hydrogens is 368 g/mol. The molecule has 92 valence electrons. The zero-order valence-corrected chi connectivity index (χ0v) is 11.8. The summed E-state index contributed by atoms with van der Waals surface area (Å²) in [5.74, 6) is -0.348. The average Bonchev–Trinajstić information content (AvgIpc) is 2.34. The topological polar surface area (TPSA) is 59.4 Å². The lowest BCUT2D eigenvalue weighted by Gasteiger charge is -2.08. The number of aromatic nitrogens is 1. The van der Waals surface area contributed by atoms with Gasteiger partial charge in [-0.15, -0.1) is 0 Å². The highest BCUT2D eigenvalue weighted by Crippen LogP contribution is 2.30. The van der Waals surface area contributed by atoms with Crippen molar-refractivity contribution >= 4 is 40.2 Å². The lowest BCUT2D eigenvalue weighted by molar-refractivity contribution is 0.0696. The van der Waals surface area contributed by atoms with E-state index in [-0.39, 0.29) is 11.4 Å². The van der Waals surface area contributed by atoms with E-state index in [0.717, 1.165) is 3.57 Å². The van der Waals surface area contributed by atoms with Gasteiger partial charge in [-0.3, -0.25) is 0 Å². The van der Waals surface area contributed by atoms with Gasteiger partial charge in [-0.2, -0.15) is 0 Å². The number of rotatable bonds is 3. The van der Waals surface area contributed by atoms with Gasteiger partial charge in [-0.25, -0.2) is 9.78 Å². The molecule has 0 aliphatic carbocycles. The van der Waals surface area contributed by atoms with E-state index in [9.17, 15) is 4.79 Å². The van der Waals surface area contributed by atoms with Crippen molar-refractivity contribution in [3.8, 4) is 11.6 Å². The zero-order chi connectivity index (χ0) is 13.1. The van der Waals surface area contributed by atoms with E-state index in [2.05, 4.69) is 27.6 Å². The van der Waals surface area contributed by atoms with Crippen LogP contribution in [0.25, 0.3) is 0 Å². The summed E-state index contributed by atoms with van der Waals surface area (Å²) in [6, 6.07) is 7.95. The third-order valence-corrected chi connectivity index (χ3v) is 3.29. The van der Waals surface area contributed by atoms with Crippen LogP contribution in [0.2, 0.25) is 5.02 Å². The maximum Gasteiger partial charge on any atom is 0.335 e. The Hall–Kier alpha value is -1.34. The van der Waals surface area contributed by atoms with Gasteiger partial charge >= 0.3 is 5.97 Å². The molecule has 0 unspecified atom stereocenters. The van der Waals surface area contributed by atoms with Crippen molar-refractivity contribution < 1.29 is 14.6 Å². The Kier molecular flexibility index (Phi) is 4.03. The third kappa shape index (κ3) is 2.91. The molecule has 0 radical (unpaired) electrons. The quantitative estimate of drug-likeness (QED) is 0.828. The maximum atomic E-state index is 10.9. The van der Waals surface area contributed by atoms with Crippen molar-refractivity contribution in [2.45, 2.75) is 0 Å². The van der Waals surface area contributed by atoms with Crippen LogP contribution < -0.4 is 4.74 Å². The molecule has 0 spiro atoms. The molecule has 6 heteroatoms. The lowest BCUT2D eigenvalue weighted by Crippen LogP contribution is -1.98. The number of nitrogens with zero attached hydrogens (tertiary/aromatic N) is 1. The number of hydrogen-bond acceptors (Lipinski definition) is 3. The number of hydrogen-bond donors (Lipinski definition) is 1. The van der Waals surface area contributed by atoms with Crippen molar-refractivity contribution in [2.75, 3.05) is 0 Å². The monoisotopic (exact) mass is 375 g/mol. The molecule has 4 nitrogen and oxygen atoms in total. The fraction of sp³-hybridized carbons (Fsp3) is 0. The number of pyridine rings is 1. The second kappa shape index (κ2) is 5.53. The predicted octanol–water partition coefficient (Wildman–Crippen LogP) is 3.83. The number of ether oxygens (including phenoxy) is 1. The number of benzene rings is 1. The molecule has 0 saturated heterocycles. The molecule has 0 fully saturated rings. The van der Waals surface area contributed by atoms with Crippen molar-refractivity contribution in [1.82, 2.24) is 4.98 Å². The van der Waals surface area contributed by atoms with Gasteiger partial charge in [0, 0.05) is 6.20 Å². The minimum Gasteiger partial charge on any atom is -0.478 e. The highest BCUT2D eigenvalue weighted by Gasteiger charge is 2.10. The lowest BCUT2D eigenvalue weighted by atomic mass is 10.2. The normalized spacial score (nSPS) is 10.1. The van der Waals surface area contributed by atoms with Gasteiger partial charge in [0.1, 0.15) is 10.8 Å². The molecule has 1 N–H and O–H groups in total. The van der Waals surface area contributed by atoms with Gasteiger partial charge < -0.3 is 9.84 Å². The largest absolute Gasteiger partial charge is 0.478 e. The summed E-state index contributed by atoms with van der Waals surface area (Å²) in [5.41, 5.74) is 0.150. The minimum absolute atomic E-state index is 0.150. The van der Waals surface area contributed by atoms with Gasteiger partial charge in [0.05, 0.1) is 9.13 Å². The molecule has 2 rings (SSSR count). The van der Waals surface area contributed by atoms with Crippen molar-refractivity contribution in [1.29, 1.82) is 0 Å². The van der Waals surface area contributed by atoms with E-state index in [1.807, 2.05) is 0 Å². The Balaban J connectivity index is 2.37. The van der Waals surface area contributed by atoms with E-state index >= 15 is 0 Å². The van der Waals surface area contributed by atoms with Gasteiger partial charge in [0.15, 0.2) is 0 Å². The zero-order valence-electron chi connectivity index (χ0n) is 8.93. The summed E-state index contributed by atoms with van der Waals surface area (Å²) < 4.78 is 6.29. The molecule has 1 heterocycles. The Morgan fingerprint density at radius 2 is 2.17 bits per heavy atom. The van der Waals surface area contributed by atoms with Crippen molar-refractivity contribution in [2.24, 2.45) is 0 Å². The number of halogens is 2. The summed E-state index contributed by atoms with van der Waals surface area (Å²) in [5, 5.41) is 9.29. The van der Waals surface area contributed by atoms with Crippen LogP contribution in [0.4, 0.5) is 0 Å². The number of carbonyl (C=O) groups is 1. The van der Waals surface area contributed by atoms with Crippen LogP contribution >= 0.6 is 34.2 Å². The second-order valence-corrected chi connectivity index (χ2v) is 4.91. The smallest absolute Gasteiger partial charge is 0.335 e. The van der Waals surface area contributed by atoms with Gasteiger partial charge in [-0.1, -0.05) is 11.6 Å². The van der Waals surface area contributed by atoms with Gasteiger partial charge in [-0.05, 0) is 52.9 Å². The summed E-state index contributed by atoms with van der Waals surface area (Å²) >= 11 is 7.97. The molecule has 0 saturated carbocycles. The van der Waals surface area contributed by atoms with E-state index < -0.39 is 5.97 Å². The van der Waals surface area contributed by atoms with E-state index in [1.165, 1.54) is 12.1 Å². The first-order valence-electron chi connectivity index (χ1n) is 4.89. The molecule has 0 aliphatic rings. The molecular formula is C12H7ClINO3. The van der Waals surface area contributed by atoms with E-state index in [1.54, 1.807) is 24.4 Å². The molecule has 1 aromatic heterocycles. The second-order valence-electron chi connectivity index (χ2n) is 3.34. The highest BCUT2D eigenvalue weighted by atomic mass is 127. The van der Waals surface area contributed by atoms with Gasteiger partial charge in [0.25, 0.3) is 0 Å². The van der Waals surface area contributed by atoms with Gasteiger partial charge in [0.2, 0.25) is 5.88 Å². The first kappa shape index (κ1) is 13.1. The molecule has 1 aromatic carbocycles. The van der Waals surface area contributed by atoms with Crippen molar-refractivity contribution in [3.63, 3.8) is 0 Å². The standard InChI is InChI=1S/C12H7ClINO3/c13-8-2-1-5-15-11(8)18-10-6-7(12(16)17)3-4-9(10)14/h1-6H,(H,16,17). The summed E-state index contributed by atoms with van der Waals surface area (Å²) in [6.45, 7) is 0.